The Kier molecular flexibility index (Phi) is 6.15. The first kappa shape index (κ1) is 16.4. The molecule has 21 heavy (non-hydrogen) atoms. The first-order valence-electron chi connectivity index (χ1n) is 7.80. The minimum atomic E-state index is -0.556. The molecule has 1 aromatic carbocycles. The molecule has 0 amide bonds. The molecule has 4 atom stereocenters. The second-order valence-corrected chi connectivity index (χ2v) is 6.19. The molecule has 118 valence electrons. The Balaban J connectivity index is 1.64. The van der Waals surface area contributed by atoms with Gasteiger partial charge in [-0.15, -0.1) is 0 Å². The van der Waals surface area contributed by atoms with Crippen LogP contribution >= 0.6 is 0 Å². The Morgan fingerprint density at radius 1 is 1.33 bits per heavy atom. The summed E-state index contributed by atoms with van der Waals surface area (Å²) in [6.45, 7) is 5.48. The van der Waals surface area contributed by atoms with Crippen LogP contribution in [0.4, 0.5) is 4.39 Å². The minimum Gasteiger partial charge on any atom is -0.389 e. The minimum absolute atomic E-state index is 0.195. The zero-order valence-corrected chi connectivity index (χ0v) is 12.9. The molecule has 1 saturated carbocycles. The van der Waals surface area contributed by atoms with E-state index in [0.29, 0.717) is 24.1 Å². The number of ether oxygens (including phenoxy) is 1. The van der Waals surface area contributed by atoms with Crippen LogP contribution in [0, 0.1) is 17.7 Å². The van der Waals surface area contributed by atoms with E-state index in [0.717, 1.165) is 5.92 Å². The van der Waals surface area contributed by atoms with Crippen molar-refractivity contribution in [2.75, 3.05) is 13.2 Å². The van der Waals surface area contributed by atoms with Crippen LogP contribution < -0.4 is 5.32 Å². The van der Waals surface area contributed by atoms with Gasteiger partial charge in [-0.1, -0.05) is 32.0 Å². The summed E-state index contributed by atoms with van der Waals surface area (Å²) in [7, 11) is 0. The van der Waals surface area contributed by atoms with E-state index in [-0.39, 0.29) is 19.0 Å². The maximum Gasteiger partial charge on any atom is 0.128 e. The van der Waals surface area contributed by atoms with Crippen molar-refractivity contribution in [3.05, 3.63) is 35.6 Å². The van der Waals surface area contributed by atoms with E-state index in [1.165, 1.54) is 18.9 Å². The van der Waals surface area contributed by atoms with E-state index >= 15 is 0 Å². The number of hydrogen-bond donors (Lipinski definition) is 2. The highest BCUT2D eigenvalue weighted by molar-refractivity contribution is 5.16. The first-order chi connectivity index (χ1) is 10.1. The average molecular weight is 295 g/mol. The normalized spacial score (nSPS) is 27.0. The van der Waals surface area contributed by atoms with Gasteiger partial charge < -0.3 is 15.2 Å². The summed E-state index contributed by atoms with van der Waals surface area (Å²) in [4.78, 5) is 0. The van der Waals surface area contributed by atoms with Crippen molar-refractivity contribution >= 4 is 0 Å². The second kappa shape index (κ2) is 7.87. The molecule has 0 radical (unpaired) electrons. The van der Waals surface area contributed by atoms with E-state index in [1.54, 1.807) is 18.2 Å². The van der Waals surface area contributed by atoms with Gasteiger partial charge in [0.2, 0.25) is 0 Å². The molecule has 0 heterocycles. The van der Waals surface area contributed by atoms with Crippen molar-refractivity contribution in [1.82, 2.24) is 5.32 Å². The SMILES string of the molecule is CC1CCC(NCC(O)COCc2ccccc2F)C1C. The predicted octanol–water partition coefficient (Wildman–Crippen LogP) is 2.73. The molecule has 4 heteroatoms. The summed E-state index contributed by atoms with van der Waals surface area (Å²) < 4.78 is 18.8. The van der Waals surface area contributed by atoms with Gasteiger partial charge in [-0.3, -0.25) is 0 Å². The Bertz CT molecular complexity index is 441. The third kappa shape index (κ3) is 4.77. The second-order valence-electron chi connectivity index (χ2n) is 6.19. The van der Waals surface area contributed by atoms with Crippen LogP contribution in [0.2, 0.25) is 0 Å². The van der Waals surface area contributed by atoms with Crippen LogP contribution in [-0.2, 0) is 11.3 Å². The summed E-state index contributed by atoms with van der Waals surface area (Å²) in [5, 5.41) is 13.3. The molecule has 4 unspecified atom stereocenters. The monoisotopic (exact) mass is 295 g/mol. The molecule has 1 aliphatic carbocycles. The highest BCUT2D eigenvalue weighted by atomic mass is 19.1. The number of aliphatic hydroxyl groups is 1. The Labute approximate surface area is 126 Å². The van der Waals surface area contributed by atoms with Crippen molar-refractivity contribution in [3.63, 3.8) is 0 Å². The van der Waals surface area contributed by atoms with E-state index in [2.05, 4.69) is 19.2 Å². The molecule has 1 fully saturated rings. The summed E-state index contributed by atoms with van der Waals surface area (Å²) in [5.74, 6) is 1.13. The van der Waals surface area contributed by atoms with Crippen molar-refractivity contribution < 1.29 is 14.2 Å². The summed E-state index contributed by atoms with van der Waals surface area (Å²) in [6, 6.07) is 7.03. The van der Waals surface area contributed by atoms with Crippen molar-refractivity contribution in [2.24, 2.45) is 11.8 Å². The molecule has 0 aliphatic heterocycles. The van der Waals surface area contributed by atoms with Gasteiger partial charge in [-0.2, -0.15) is 0 Å². The first-order valence-corrected chi connectivity index (χ1v) is 7.80. The average Bonchev–Trinajstić information content (AvgIpc) is 2.79. The molecule has 2 N–H and O–H groups in total. The Hall–Kier alpha value is -0.970. The summed E-state index contributed by atoms with van der Waals surface area (Å²) >= 11 is 0. The number of nitrogens with one attached hydrogen (secondary N) is 1. The number of halogens is 1. The van der Waals surface area contributed by atoms with Crippen LogP contribution in [0.5, 0.6) is 0 Å². The van der Waals surface area contributed by atoms with Crippen molar-refractivity contribution in [2.45, 2.75) is 45.4 Å². The van der Waals surface area contributed by atoms with Crippen LogP contribution in [0.1, 0.15) is 32.3 Å². The van der Waals surface area contributed by atoms with Crippen molar-refractivity contribution in [1.29, 1.82) is 0 Å². The van der Waals surface area contributed by atoms with Crippen molar-refractivity contribution in [3.8, 4) is 0 Å². The number of aliphatic hydroxyl groups excluding tert-OH is 1. The van der Waals surface area contributed by atoms with E-state index < -0.39 is 6.10 Å². The third-order valence-corrected chi connectivity index (χ3v) is 4.61. The van der Waals surface area contributed by atoms with Crippen LogP contribution in [-0.4, -0.2) is 30.4 Å². The molecule has 0 bridgehead atoms. The van der Waals surface area contributed by atoms with Gasteiger partial charge >= 0.3 is 0 Å². The van der Waals surface area contributed by atoms with Crippen LogP contribution in [0.15, 0.2) is 24.3 Å². The molecule has 1 aromatic rings. The Morgan fingerprint density at radius 2 is 2.10 bits per heavy atom. The summed E-state index contributed by atoms with van der Waals surface area (Å²) in [5.41, 5.74) is 0.524. The quantitative estimate of drug-likeness (QED) is 0.813. The molecule has 0 aromatic heterocycles. The maximum atomic E-state index is 13.4. The maximum absolute atomic E-state index is 13.4. The van der Waals surface area contributed by atoms with Crippen LogP contribution in [0.25, 0.3) is 0 Å². The largest absolute Gasteiger partial charge is 0.389 e. The lowest BCUT2D eigenvalue weighted by Crippen LogP contribution is -2.39. The lowest BCUT2D eigenvalue weighted by atomic mass is 9.98. The lowest BCUT2D eigenvalue weighted by Gasteiger charge is -2.21. The molecule has 2 rings (SSSR count). The molecular weight excluding hydrogens is 269 g/mol. The van der Waals surface area contributed by atoms with Gasteiger partial charge in [0.15, 0.2) is 0 Å². The fraction of sp³-hybridized carbons (Fsp3) is 0.647. The molecule has 1 aliphatic rings. The summed E-state index contributed by atoms with van der Waals surface area (Å²) in [6.07, 6.45) is 1.86. The third-order valence-electron chi connectivity index (χ3n) is 4.61. The number of rotatable bonds is 7. The smallest absolute Gasteiger partial charge is 0.128 e. The van der Waals surface area contributed by atoms with Gasteiger partial charge in [0.05, 0.1) is 19.3 Å². The lowest BCUT2D eigenvalue weighted by molar-refractivity contribution is 0.0260. The van der Waals surface area contributed by atoms with Gasteiger partial charge in [0.1, 0.15) is 5.82 Å². The predicted molar refractivity (Wildman–Crippen MR) is 81.4 cm³/mol. The highest BCUT2D eigenvalue weighted by Gasteiger charge is 2.29. The van der Waals surface area contributed by atoms with Gasteiger partial charge in [-0.05, 0) is 30.7 Å². The highest BCUT2D eigenvalue weighted by Crippen LogP contribution is 2.30. The zero-order chi connectivity index (χ0) is 15.2. The number of hydrogen-bond acceptors (Lipinski definition) is 3. The fourth-order valence-corrected chi connectivity index (χ4v) is 2.92. The fourth-order valence-electron chi connectivity index (χ4n) is 2.92. The van der Waals surface area contributed by atoms with E-state index in [9.17, 15) is 9.50 Å². The topological polar surface area (TPSA) is 41.5 Å². The zero-order valence-electron chi connectivity index (χ0n) is 12.9. The van der Waals surface area contributed by atoms with Gasteiger partial charge in [0, 0.05) is 18.2 Å². The molecular formula is C17H26FNO2. The van der Waals surface area contributed by atoms with E-state index in [4.69, 9.17) is 4.74 Å². The molecule has 0 spiro atoms. The van der Waals surface area contributed by atoms with Gasteiger partial charge in [0.25, 0.3) is 0 Å². The number of benzene rings is 1. The standard InChI is InChI=1S/C17H26FNO2/c1-12-7-8-17(13(12)2)19-9-15(20)11-21-10-14-5-3-4-6-16(14)18/h3-6,12-13,15,17,19-20H,7-11H2,1-2H3. The van der Waals surface area contributed by atoms with Gasteiger partial charge in [-0.25, -0.2) is 4.39 Å². The van der Waals surface area contributed by atoms with E-state index in [1.807, 2.05) is 0 Å². The molecule has 0 saturated heterocycles. The Morgan fingerprint density at radius 3 is 2.76 bits per heavy atom. The molecule has 3 nitrogen and oxygen atoms in total. The van der Waals surface area contributed by atoms with Crippen LogP contribution in [0.3, 0.4) is 0 Å².